The molecular formula is C41H21B9N2O. The van der Waals surface area contributed by atoms with Crippen molar-refractivity contribution in [2.75, 3.05) is 0 Å². The van der Waals surface area contributed by atoms with Crippen LogP contribution in [-0.4, -0.2) is 85.3 Å². The van der Waals surface area contributed by atoms with Gasteiger partial charge in [-0.05, 0) is 73.6 Å². The molecule has 18 radical (unpaired) electrons. The first-order valence-corrected chi connectivity index (χ1v) is 16.8. The highest BCUT2D eigenvalue weighted by Crippen LogP contribution is 2.47. The summed E-state index contributed by atoms with van der Waals surface area (Å²) in [7, 11) is 56.7. The fourth-order valence-electron chi connectivity index (χ4n) is 7.30. The Balaban J connectivity index is 1.53. The van der Waals surface area contributed by atoms with Gasteiger partial charge in [-0.2, -0.15) is 0 Å². The predicted molar refractivity (Wildman–Crippen MR) is 229 cm³/mol. The van der Waals surface area contributed by atoms with Gasteiger partial charge in [0.25, 0.3) is 0 Å². The second-order valence-electron chi connectivity index (χ2n) is 13.3. The minimum Gasteiger partial charge on any atom is -0.394 e. The molecule has 0 spiro atoms. The summed E-state index contributed by atoms with van der Waals surface area (Å²) in [6, 6.07) is 39.6. The van der Waals surface area contributed by atoms with E-state index < -0.39 is 10.6 Å². The van der Waals surface area contributed by atoms with Crippen LogP contribution in [0.15, 0.2) is 121 Å². The maximum absolute atomic E-state index is 11.6. The van der Waals surface area contributed by atoms with Gasteiger partial charge in [0.1, 0.15) is 52.9 Å². The van der Waals surface area contributed by atoms with E-state index >= 15 is 0 Å². The third-order valence-electron chi connectivity index (χ3n) is 10.1. The molecule has 0 bridgehead atoms. The third-order valence-corrected chi connectivity index (χ3v) is 10.1. The summed E-state index contributed by atoms with van der Waals surface area (Å²) in [4.78, 5) is 4.72. The van der Waals surface area contributed by atoms with Crippen molar-refractivity contribution in [2.45, 2.75) is 10.6 Å². The summed E-state index contributed by atoms with van der Waals surface area (Å²) in [6.45, 7) is 0. The van der Waals surface area contributed by atoms with Gasteiger partial charge in [-0.1, -0.05) is 108 Å². The van der Waals surface area contributed by atoms with E-state index in [1.807, 2.05) is 91.0 Å². The highest BCUT2D eigenvalue weighted by atomic mass is 16.3. The maximum atomic E-state index is 11.6. The van der Waals surface area contributed by atoms with Crippen LogP contribution in [0.25, 0.3) is 71.6 Å². The molecule has 12 heteroatoms. The summed E-state index contributed by atoms with van der Waals surface area (Å²) in [5.74, 6) is -0.0278. The average Bonchev–Trinajstić information content (AvgIpc) is 3.56. The number of nitrogens with zero attached hydrogens (tertiary/aromatic N) is 2. The Morgan fingerprint density at radius 3 is 1.72 bits per heavy atom. The Morgan fingerprint density at radius 2 is 1.04 bits per heavy atom. The van der Waals surface area contributed by atoms with E-state index in [0.29, 0.717) is 27.8 Å². The van der Waals surface area contributed by atoms with E-state index in [4.69, 9.17) is 75.6 Å². The van der Waals surface area contributed by atoms with Gasteiger partial charge in [-0.15, -0.1) is 21.5 Å². The minimum atomic E-state index is -2.45. The van der Waals surface area contributed by atoms with Crippen molar-refractivity contribution in [2.24, 2.45) is 0 Å². The Morgan fingerprint density at radius 1 is 0.491 bits per heavy atom. The molecule has 1 aromatic heterocycles. The summed E-state index contributed by atoms with van der Waals surface area (Å²) >= 11 is 0. The molecule has 0 aliphatic carbocycles. The van der Waals surface area contributed by atoms with Crippen molar-refractivity contribution in [3.05, 3.63) is 127 Å². The first kappa shape index (κ1) is 35.1. The Bertz CT molecular complexity index is 2730. The average molecular weight is 655 g/mol. The summed E-state index contributed by atoms with van der Waals surface area (Å²) in [6.07, 6.45) is 0. The third kappa shape index (κ3) is 5.48. The molecular weight excluding hydrogens is 634 g/mol. The van der Waals surface area contributed by atoms with Crippen LogP contribution < -0.4 is 27.3 Å². The minimum absolute atomic E-state index is 0.0278. The van der Waals surface area contributed by atoms with Gasteiger partial charge in [-0.25, -0.2) is 4.98 Å². The largest absolute Gasteiger partial charge is 0.394 e. The zero-order chi connectivity index (χ0) is 37.4. The number of rotatable bonds is 6. The van der Waals surface area contributed by atoms with Gasteiger partial charge < -0.3 is 5.11 Å². The Labute approximate surface area is 320 Å². The SMILES string of the molecule is [B]c1c([B])c([B])c(-c2ccc3c(-c4ccccc4-n4c(C([B])(O)C([B])([B])[B])nc5ccccc54)c4ccccc4c(-c4ccccc4)c3c2)c([B])c1[B]. The number of para-hydroxylation sites is 3. The second kappa shape index (κ2) is 12.9. The van der Waals surface area contributed by atoms with E-state index in [0.717, 1.165) is 43.8 Å². The van der Waals surface area contributed by atoms with E-state index in [2.05, 4.69) is 30.3 Å². The number of fused-ring (bicyclic) bond motifs is 3. The molecule has 1 unspecified atom stereocenters. The summed E-state index contributed by atoms with van der Waals surface area (Å²) in [5.41, 5.74) is 5.30. The molecule has 8 rings (SSSR count). The lowest BCUT2D eigenvalue weighted by Gasteiger charge is -2.39. The molecule has 228 valence electrons. The Kier molecular flexibility index (Phi) is 8.54. The quantitative estimate of drug-likeness (QED) is 0.221. The molecule has 7 aromatic carbocycles. The van der Waals surface area contributed by atoms with Crippen LogP contribution in [-0.2, 0) is 5.50 Å². The second-order valence-corrected chi connectivity index (χ2v) is 13.3. The number of benzene rings is 7. The molecule has 0 aliphatic rings. The predicted octanol–water partition coefficient (Wildman–Crippen LogP) is 2.19. The molecule has 0 aliphatic heterocycles. The van der Waals surface area contributed by atoms with Crippen molar-refractivity contribution < 1.29 is 5.11 Å². The highest BCUT2D eigenvalue weighted by Gasteiger charge is 2.40. The smallest absolute Gasteiger partial charge is 0.135 e. The number of aromatic nitrogens is 2. The van der Waals surface area contributed by atoms with E-state index in [-0.39, 0.29) is 33.1 Å². The van der Waals surface area contributed by atoms with Gasteiger partial charge in [-0.3, -0.25) is 4.57 Å². The number of hydrogen-bond acceptors (Lipinski definition) is 2. The lowest BCUT2D eigenvalue weighted by molar-refractivity contribution is 0.118. The van der Waals surface area contributed by atoms with Gasteiger partial charge in [0.2, 0.25) is 0 Å². The first-order valence-electron chi connectivity index (χ1n) is 16.8. The summed E-state index contributed by atoms with van der Waals surface area (Å²) in [5, 5.41) is 13.2. The number of imidazole rings is 1. The molecule has 0 amide bonds. The lowest BCUT2D eigenvalue weighted by Crippen LogP contribution is -2.55. The number of aliphatic hydroxyl groups is 1. The molecule has 0 saturated heterocycles. The van der Waals surface area contributed by atoms with Crippen molar-refractivity contribution in [1.82, 2.24) is 9.55 Å². The fraction of sp³-hybridized carbons (Fsp3) is 0.0488. The molecule has 1 heterocycles. The first-order chi connectivity index (χ1) is 25.3. The molecule has 0 fully saturated rings. The van der Waals surface area contributed by atoms with Crippen LogP contribution in [0.3, 0.4) is 0 Å². The van der Waals surface area contributed by atoms with Crippen LogP contribution in [0.4, 0.5) is 0 Å². The molecule has 0 saturated carbocycles. The van der Waals surface area contributed by atoms with E-state index in [9.17, 15) is 5.11 Å². The van der Waals surface area contributed by atoms with E-state index in [1.165, 1.54) is 0 Å². The topological polar surface area (TPSA) is 38.0 Å². The van der Waals surface area contributed by atoms with Crippen LogP contribution in [0, 0.1) is 0 Å². The van der Waals surface area contributed by atoms with Crippen molar-refractivity contribution in [3.63, 3.8) is 0 Å². The summed E-state index contributed by atoms with van der Waals surface area (Å²) < 4.78 is 1.76. The Hall–Kier alpha value is -4.93. The van der Waals surface area contributed by atoms with Crippen LogP contribution in [0.2, 0.25) is 5.11 Å². The molecule has 3 nitrogen and oxygen atoms in total. The van der Waals surface area contributed by atoms with Gasteiger partial charge in [0.15, 0.2) is 0 Å². The van der Waals surface area contributed by atoms with Crippen LogP contribution >= 0.6 is 0 Å². The van der Waals surface area contributed by atoms with Gasteiger partial charge in [0, 0.05) is 5.56 Å². The van der Waals surface area contributed by atoms with Crippen molar-refractivity contribution in [1.29, 1.82) is 0 Å². The van der Waals surface area contributed by atoms with Gasteiger partial charge >= 0.3 is 0 Å². The van der Waals surface area contributed by atoms with E-state index in [1.54, 1.807) is 4.57 Å². The van der Waals surface area contributed by atoms with Crippen molar-refractivity contribution in [3.8, 4) is 39.1 Å². The molecule has 8 aromatic rings. The number of hydrogen-bond donors (Lipinski definition) is 1. The lowest BCUT2D eigenvalue weighted by atomic mass is 9.32. The zero-order valence-electron chi connectivity index (χ0n) is 28.6. The highest BCUT2D eigenvalue weighted by molar-refractivity contribution is 6.68. The molecule has 1 N–H and O–H groups in total. The molecule has 53 heavy (non-hydrogen) atoms. The van der Waals surface area contributed by atoms with Gasteiger partial charge in [0.05, 0.1) is 45.8 Å². The normalized spacial score (nSPS) is 13.1. The fourth-order valence-corrected chi connectivity index (χ4v) is 7.30. The molecule has 1 atom stereocenters. The zero-order valence-corrected chi connectivity index (χ0v) is 28.6. The van der Waals surface area contributed by atoms with Crippen LogP contribution in [0.5, 0.6) is 0 Å². The van der Waals surface area contributed by atoms with Crippen molar-refractivity contribution >= 4 is 131 Å². The standard InChI is InChI=1S/C41H21B9N2O/c42-34-32(35(43)37(45)38(46)36(34)44)22-18-19-25-27(20-22)31(21-10-2-1-3-11-21)23-12-4-5-13-24(23)33(25)26-14-6-8-16-29(26)52-30-17-9-7-15-28(30)51-39(52)40(47,53)41(48,49)50/h1-20,53H. The monoisotopic (exact) mass is 656 g/mol. The van der Waals surface area contributed by atoms with Crippen LogP contribution in [0.1, 0.15) is 5.82 Å². The maximum Gasteiger partial charge on any atom is 0.135 e.